The van der Waals surface area contributed by atoms with Gasteiger partial charge in [-0.25, -0.2) is 9.55 Å². The molecule has 1 atom stereocenters. The molecule has 25 heavy (non-hydrogen) atoms. The number of hydrogen-bond donors (Lipinski definition) is 2. The van der Waals surface area contributed by atoms with E-state index in [0.29, 0.717) is 22.9 Å². The summed E-state index contributed by atoms with van der Waals surface area (Å²) in [6.07, 6.45) is 0.0587. The van der Waals surface area contributed by atoms with E-state index < -0.39 is 6.04 Å². The summed E-state index contributed by atoms with van der Waals surface area (Å²) in [7, 11) is 1.56. The summed E-state index contributed by atoms with van der Waals surface area (Å²) in [5, 5.41) is 5.85. The number of anilines is 2. The lowest BCUT2D eigenvalue weighted by Crippen LogP contribution is -2.42. The standard InChI is InChI=1S/C18H16N4O3/c1-25-12-6-4-5-11(9-12)19-17(24)14-10-16(23)22-15-8-3-2-7-13(15)20-18(22)21-14/h2-9,14H,10H2,1H3,(H,19,24)(H,20,21). The highest BCUT2D eigenvalue weighted by molar-refractivity contribution is 6.04. The Balaban J connectivity index is 1.58. The van der Waals surface area contributed by atoms with E-state index in [1.807, 2.05) is 24.3 Å². The number of methoxy groups -OCH3 is 1. The van der Waals surface area contributed by atoms with Crippen molar-refractivity contribution >= 4 is 34.5 Å². The smallest absolute Gasteiger partial charge is 0.247 e. The average molecular weight is 336 g/mol. The van der Waals surface area contributed by atoms with Crippen molar-refractivity contribution in [2.45, 2.75) is 12.5 Å². The average Bonchev–Trinajstić information content (AvgIpc) is 3.00. The molecule has 2 heterocycles. The lowest BCUT2D eigenvalue weighted by Gasteiger charge is -2.23. The lowest BCUT2D eigenvalue weighted by atomic mass is 10.1. The first-order valence-corrected chi connectivity index (χ1v) is 7.88. The Morgan fingerprint density at radius 3 is 2.96 bits per heavy atom. The Morgan fingerprint density at radius 1 is 1.28 bits per heavy atom. The van der Waals surface area contributed by atoms with Crippen molar-refractivity contribution in [2.24, 2.45) is 0 Å². The molecule has 1 unspecified atom stereocenters. The normalized spacial score (nSPS) is 16.2. The van der Waals surface area contributed by atoms with Gasteiger partial charge < -0.3 is 15.4 Å². The summed E-state index contributed by atoms with van der Waals surface area (Å²) in [5.74, 6) is 0.587. The molecule has 126 valence electrons. The molecule has 0 fully saturated rings. The number of nitrogens with zero attached hydrogens (tertiary/aromatic N) is 2. The molecule has 7 heteroatoms. The molecular weight excluding hydrogens is 320 g/mol. The molecule has 3 aromatic rings. The molecule has 0 bridgehead atoms. The zero-order chi connectivity index (χ0) is 17.4. The van der Waals surface area contributed by atoms with Gasteiger partial charge in [-0.15, -0.1) is 0 Å². The fourth-order valence-corrected chi connectivity index (χ4v) is 2.94. The fourth-order valence-electron chi connectivity index (χ4n) is 2.94. The molecule has 0 radical (unpaired) electrons. The minimum absolute atomic E-state index is 0.0587. The van der Waals surface area contributed by atoms with Crippen LogP contribution in [0.4, 0.5) is 11.6 Å². The van der Waals surface area contributed by atoms with Crippen molar-refractivity contribution in [3.63, 3.8) is 0 Å². The van der Waals surface area contributed by atoms with Crippen LogP contribution >= 0.6 is 0 Å². The van der Waals surface area contributed by atoms with Gasteiger partial charge in [0, 0.05) is 11.8 Å². The molecule has 1 aromatic heterocycles. The van der Waals surface area contributed by atoms with E-state index in [9.17, 15) is 9.59 Å². The first kappa shape index (κ1) is 15.2. The number of amides is 1. The van der Waals surface area contributed by atoms with Gasteiger partial charge in [0.2, 0.25) is 17.8 Å². The third-order valence-corrected chi connectivity index (χ3v) is 4.15. The fraction of sp³-hybridized carbons (Fsp3) is 0.167. The van der Waals surface area contributed by atoms with Gasteiger partial charge in [0.1, 0.15) is 11.8 Å². The van der Waals surface area contributed by atoms with Gasteiger partial charge in [0.05, 0.1) is 24.6 Å². The second-order valence-electron chi connectivity index (χ2n) is 5.78. The summed E-state index contributed by atoms with van der Waals surface area (Å²) >= 11 is 0. The van der Waals surface area contributed by atoms with Crippen molar-refractivity contribution in [1.82, 2.24) is 9.55 Å². The number of fused-ring (bicyclic) bond motifs is 3. The number of carbonyl (C=O) groups excluding carboxylic acids is 2. The van der Waals surface area contributed by atoms with Gasteiger partial charge in [-0.3, -0.25) is 9.59 Å². The molecule has 1 amide bonds. The quantitative estimate of drug-likeness (QED) is 0.768. The van der Waals surface area contributed by atoms with Crippen LogP contribution in [0.25, 0.3) is 11.0 Å². The Hall–Kier alpha value is -3.35. The van der Waals surface area contributed by atoms with Gasteiger partial charge in [0.25, 0.3) is 0 Å². The van der Waals surface area contributed by atoms with Crippen molar-refractivity contribution in [3.8, 4) is 5.75 Å². The summed E-state index contributed by atoms with van der Waals surface area (Å²) in [6.45, 7) is 0. The Morgan fingerprint density at radius 2 is 2.12 bits per heavy atom. The second-order valence-corrected chi connectivity index (χ2v) is 5.78. The van der Waals surface area contributed by atoms with E-state index in [1.54, 1.807) is 31.4 Å². The predicted octanol–water partition coefficient (Wildman–Crippen LogP) is 2.51. The highest BCUT2D eigenvalue weighted by Crippen LogP contribution is 2.25. The molecule has 1 aliphatic rings. The van der Waals surface area contributed by atoms with Crippen LogP contribution in [0.15, 0.2) is 48.5 Å². The number of rotatable bonds is 3. The van der Waals surface area contributed by atoms with Gasteiger partial charge in [-0.05, 0) is 24.3 Å². The molecule has 0 saturated carbocycles. The van der Waals surface area contributed by atoms with Crippen molar-refractivity contribution in [3.05, 3.63) is 48.5 Å². The third kappa shape index (κ3) is 2.69. The summed E-state index contributed by atoms with van der Waals surface area (Å²) < 4.78 is 6.66. The molecular formula is C18H16N4O3. The molecule has 2 N–H and O–H groups in total. The Kier molecular flexibility index (Phi) is 3.61. The highest BCUT2D eigenvalue weighted by Gasteiger charge is 2.31. The molecule has 0 aliphatic carbocycles. The number of imidazole rings is 1. The van der Waals surface area contributed by atoms with Gasteiger partial charge in [0.15, 0.2) is 0 Å². The van der Waals surface area contributed by atoms with E-state index in [2.05, 4.69) is 15.6 Å². The van der Waals surface area contributed by atoms with Crippen LogP contribution in [0, 0.1) is 0 Å². The van der Waals surface area contributed by atoms with Crippen LogP contribution in [0.1, 0.15) is 11.2 Å². The number of aromatic nitrogens is 2. The van der Waals surface area contributed by atoms with E-state index in [4.69, 9.17) is 4.74 Å². The highest BCUT2D eigenvalue weighted by atomic mass is 16.5. The van der Waals surface area contributed by atoms with Crippen LogP contribution in [-0.4, -0.2) is 34.5 Å². The molecule has 2 aromatic carbocycles. The zero-order valence-corrected chi connectivity index (χ0v) is 13.5. The number of ether oxygens (including phenoxy) is 1. The largest absolute Gasteiger partial charge is 0.497 e. The molecule has 1 aliphatic heterocycles. The van der Waals surface area contributed by atoms with Crippen LogP contribution in [0.2, 0.25) is 0 Å². The zero-order valence-electron chi connectivity index (χ0n) is 13.5. The predicted molar refractivity (Wildman–Crippen MR) is 94.0 cm³/mol. The van der Waals surface area contributed by atoms with E-state index in [-0.39, 0.29) is 18.2 Å². The first-order valence-electron chi connectivity index (χ1n) is 7.88. The van der Waals surface area contributed by atoms with Crippen LogP contribution in [0.3, 0.4) is 0 Å². The topological polar surface area (TPSA) is 85.2 Å². The third-order valence-electron chi connectivity index (χ3n) is 4.15. The maximum absolute atomic E-state index is 12.5. The monoisotopic (exact) mass is 336 g/mol. The van der Waals surface area contributed by atoms with Gasteiger partial charge in [-0.2, -0.15) is 0 Å². The number of nitrogens with one attached hydrogen (secondary N) is 2. The van der Waals surface area contributed by atoms with Crippen LogP contribution < -0.4 is 15.4 Å². The summed E-state index contributed by atoms with van der Waals surface area (Å²) in [4.78, 5) is 29.4. The van der Waals surface area contributed by atoms with Gasteiger partial charge in [-0.1, -0.05) is 18.2 Å². The molecule has 4 rings (SSSR count). The number of carbonyl (C=O) groups is 2. The van der Waals surface area contributed by atoms with Crippen LogP contribution in [0.5, 0.6) is 5.75 Å². The number of benzene rings is 2. The Labute approximate surface area is 143 Å². The number of hydrogen-bond acceptors (Lipinski definition) is 5. The van der Waals surface area contributed by atoms with Gasteiger partial charge >= 0.3 is 0 Å². The maximum atomic E-state index is 12.5. The van der Waals surface area contributed by atoms with Crippen LogP contribution in [-0.2, 0) is 4.79 Å². The van der Waals surface area contributed by atoms with Crippen molar-refractivity contribution in [2.75, 3.05) is 17.7 Å². The van der Waals surface area contributed by atoms with Crippen molar-refractivity contribution in [1.29, 1.82) is 0 Å². The van der Waals surface area contributed by atoms with E-state index >= 15 is 0 Å². The first-order chi connectivity index (χ1) is 12.2. The minimum Gasteiger partial charge on any atom is -0.497 e. The van der Waals surface area contributed by atoms with Crippen molar-refractivity contribution < 1.29 is 14.3 Å². The summed E-state index contributed by atoms with van der Waals surface area (Å²) in [6, 6.07) is 13.8. The minimum atomic E-state index is -0.678. The SMILES string of the molecule is COc1cccc(NC(=O)C2CC(=O)n3c(nc4ccccc43)N2)c1. The lowest BCUT2D eigenvalue weighted by molar-refractivity contribution is -0.117. The van der Waals surface area contributed by atoms with E-state index in [0.717, 1.165) is 5.52 Å². The Bertz CT molecular complexity index is 979. The number of para-hydroxylation sites is 2. The summed E-state index contributed by atoms with van der Waals surface area (Å²) in [5.41, 5.74) is 2.06. The van der Waals surface area contributed by atoms with E-state index in [1.165, 1.54) is 4.57 Å². The molecule has 7 nitrogen and oxygen atoms in total. The molecule has 0 saturated heterocycles. The molecule has 0 spiro atoms. The second kappa shape index (κ2) is 5.94. The maximum Gasteiger partial charge on any atom is 0.247 e.